The summed E-state index contributed by atoms with van der Waals surface area (Å²) in [5, 5.41) is 1.96. The highest BCUT2D eigenvalue weighted by Crippen LogP contribution is 2.24. The average molecular weight is 258 g/mol. The van der Waals surface area contributed by atoms with E-state index in [0.717, 1.165) is 27.3 Å². The molecule has 0 fully saturated rings. The smallest absolute Gasteiger partial charge is 0.125 e. The van der Waals surface area contributed by atoms with E-state index < -0.39 is 0 Å². The second-order valence-corrected chi connectivity index (χ2v) is 4.81. The lowest BCUT2D eigenvalue weighted by Crippen LogP contribution is -1.84. The zero-order valence-electron chi connectivity index (χ0n) is 9.77. The quantitative estimate of drug-likeness (QED) is 0.701. The molecule has 4 heteroatoms. The Balaban J connectivity index is 2.13. The third-order valence-corrected chi connectivity index (χ3v) is 3.44. The van der Waals surface area contributed by atoms with Gasteiger partial charge in [0.2, 0.25) is 0 Å². The van der Waals surface area contributed by atoms with Crippen LogP contribution < -0.4 is 0 Å². The second kappa shape index (κ2) is 4.46. The van der Waals surface area contributed by atoms with Crippen molar-refractivity contribution >= 4 is 22.7 Å². The molecule has 90 valence electrons. The first-order valence-electron chi connectivity index (χ1n) is 5.56. The van der Waals surface area contributed by atoms with Gasteiger partial charge in [0.1, 0.15) is 5.82 Å². The van der Waals surface area contributed by atoms with Crippen molar-refractivity contribution < 1.29 is 4.39 Å². The number of halogens is 1. The van der Waals surface area contributed by atoms with Gasteiger partial charge in [-0.1, -0.05) is 6.07 Å². The summed E-state index contributed by atoms with van der Waals surface area (Å²) >= 11 is 1.60. The summed E-state index contributed by atoms with van der Waals surface area (Å²) in [4.78, 5) is 7.71. The number of rotatable bonds is 2. The minimum Gasteiger partial charge on any atom is -0.353 e. The SMILES string of the molecule is CSc1cccc(-c2cc3ccc(F)cc3[nH]2)n1. The zero-order chi connectivity index (χ0) is 12.5. The number of hydrogen-bond acceptors (Lipinski definition) is 2. The maximum atomic E-state index is 13.1. The van der Waals surface area contributed by atoms with E-state index in [9.17, 15) is 4.39 Å². The Morgan fingerprint density at radius 3 is 2.89 bits per heavy atom. The Hall–Kier alpha value is -1.81. The standard InChI is InChI=1S/C14H11FN2S/c1-18-14-4-2-3-11(17-14)13-7-9-5-6-10(15)8-12(9)16-13/h2-8,16H,1H3. The van der Waals surface area contributed by atoms with Crippen molar-refractivity contribution in [2.24, 2.45) is 0 Å². The maximum absolute atomic E-state index is 13.1. The predicted molar refractivity (Wildman–Crippen MR) is 73.3 cm³/mol. The van der Waals surface area contributed by atoms with Crippen LogP contribution in [0.2, 0.25) is 0 Å². The van der Waals surface area contributed by atoms with Gasteiger partial charge in [0, 0.05) is 10.9 Å². The first kappa shape index (κ1) is 11.3. The van der Waals surface area contributed by atoms with Crippen molar-refractivity contribution in [3.05, 3.63) is 48.3 Å². The molecule has 0 spiro atoms. The van der Waals surface area contributed by atoms with Crippen molar-refractivity contribution in [1.82, 2.24) is 9.97 Å². The third kappa shape index (κ3) is 1.99. The number of benzene rings is 1. The monoisotopic (exact) mass is 258 g/mol. The van der Waals surface area contributed by atoms with E-state index in [0.29, 0.717) is 0 Å². The number of H-pyrrole nitrogens is 1. The fourth-order valence-electron chi connectivity index (χ4n) is 1.92. The molecule has 2 nitrogen and oxygen atoms in total. The van der Waals surface area contributed by atoms with Gasteiger partial charge in [0.15, 0.2) is 0 Å². The van der Waals surface area contributed by atoms with Gasteiger partial charge >= 0.3 is 0 Å². The lowest BCUT2D eigenvalue weighted by Gasteiger charge is -1.99. The summed E-state index contributed by atoms with van der Waals surface area (Å²) < 4.78 is 13.1. The molecular formula is C14H11FN2S. The van der Waals surface area contributed by atoms with Crippen LogP contribution in [0.15, 0.2) is 47.5 Å². The number of nitrogens with zero attached hydrogens (tertiary/aromatic N) is 1. The maximum Gasteiger partial charge on any atom is 0.125 e. The molecule has 3 aromatic rings. The Kier molecular flexibility index (Phi) is 2.80. The van der Waals surface area contributed by atoms with Crippen LogP contribution in [0.4, 0.5) is 4.39 Å². The topological polar surface area (TPSA) is 28.7 Å². The molecule has 0 aliphatic rings. The number of nitrogens with one attached hydrogen (secondary N) is 1. The van der Waals surface area contributed by atoms with Crippen LogP contribution in [0.1, 0.15) is 0 Å². The molecule has 0 atom stereocenters. The van der Waals surface area contributed by atoms with Crippen LogP contribution in [0, 0.1) is 5.82 Å². The number of fused-ring (bicyclic) bond motifs is 1. The summed E-state index contributed by atoms with van der Waals surface area (Å²) in [5.74, 6) is -0.235. The highest BCUT2D eigenvalue weighted by molar-refractivity contribution is 7.98. The first-order chi connectivity index (χ1) is 8.76. The third-order valence-electron chi connectivity index (χ3n) is 2.79. The van der Waals surface area contributed by atoms with Crippen LogP contribution in [0.3, 0.4) is 0 Å². The minimum atomic E-state index is -0.235. The fraction of sp³-hybridized carbons (Fsp3) is 0.0714. The molecule has 0 radical (unpaired) electrons. The zero-order valence-corrected chi connectivity index (χ0v) is 10.6. The molecule has 0 saturated carbocycles. The molecule has 18 heavy (non-hydrogen) atoms. The van der Waals surface area contributed by atoms with E-state index in [1.165, 1.54) is 12.1 Å². The Morgan fingerprint density at radius 2 is 2.06 bits per heavy atom. The molecule has 3 rings (SSSR count). The lowest BCUT2D eigenvalue weighted by atomic mass is 10.2. The molecule has 0 amide bonds. The van der Waals surface area contributed by atoms with E-state index in [2.05, 4.69) is 9.97 Å². The number of pyridine rings is 1. The molecular weight excluding hydrogens is 247 g/mol. The van der Waals surface area contributed by atoms with Crippen molar-refractivity contribution in [3.8, 4) is 11.4 Å². The Labute approximate surface area is 108 Å². The van der Waals surface area contributed by atoms with Gasteiger partial charge in [0.05, 0.1) is 16.4 Å². The van der Waals surface area contributed by atoms with Crippen LogP contribution >= 0.6 is 11.8 Å². The van der Waals surface area contributed by atoms with Crippen molar-refractivity contribution in [2.75, 3.05) is 6.26 Å². The number of aromatic amines is 1. The van der Waals surface area contributed by atoms with Gasteiger partial charge in [-0.05, 0) is 42.7 Å². The molecule has 0 aliphatic heterocycles. The van der Waals surface area contributed by atoms with Crippen LogP contribution in [0.5, 0.6) is 0 Å². The van der Waals surface area contributed by atoms with Crippen LogP contribution in [-0.4, -0.2) is 16.2 Å². The van der Waals surface area contributed by atoms with Crippen LogP contribution in [0.25, 0.3) is 22.3 Å². The summed E-state index contributed by atoms with van der Waals surface area (Å²) in [6, 6.07) is 12.6. The Morgan fingerprint density at radius 1 is 1.17 bits per heavy atom. The predicted octanol–water partition coefficient (Wildman–Crippen LogP) is 4.09. The van der Waals surface area contributed by atoms with E-state index in [4.69, 9.17) is 0 Å². The highest BCUT2D eigenvalue weighted by Gasteiger charge is 2.05. The van der Waals surface area contributed by atoms with E-state index in [1.54, 1.807) is 17.8 Å². The molecule has 2 heterocycles. The lowest BCUT2D eigenvalue weighted by molar-refractivity contribution is 0.629. The highest BCUT2D eigenvalue weighted by atomic mass is 32.2. The molecule has 2 aromatic heterocycles. The summed E-state index contributed by atoms with van der Waals surface area (Å²) in [6.45, 7) is 0. The molecule has 0 aliphatic carbocycles. The van der Waals surface area contributed by atoms with Crippen molar-refractivity contribution in [3.63, 3.8) is 0 Å². The van der Waals surface area contributed by atoms with E-state index >= 15 is 0 Å². The average Bonchev–Trinajstić information content (AvgIpc) is 2.81. The second-order valence-electron chi connectivity index (χ2n) is 3.98. The minimum absolute atomic E-state index is 0.235. The summed E-state index contributed by atoms with van der Waals surface area (Å²) in [5.41, 5.74) is 2.58. The molecule has 1 aromatic carbocycles. The Bertz CT molecular complexity index is 706. The molecule has 0 bridgehead atoms. The van der Waals surface area contributed by atoms with Gasteiger partial charge in [-0.3, -0.25) is 0 Å². The summed E-state index contributed by atoms with van der Waals surface area (Å²) in [6.07, 6.45) is 1.99. The van der Waals surface area contributed by atoms with Crippen molar-refractivity contribution in [2.45, 2.75) is 5.03 Å². The fourth-order valence-corrected chi connectivity index (χ4v) is 2.32. The van der Waals surface area contributed by atoms with Gasteiger partial charge in [-0.15, -0.1) is 11.8 Å². The first-order valence-corrected chi connectivity index (χ1v) is 6.78. The molecule has 0 unspecified atom stereocenters. The van der Waals surface area contributed by atoms with Crippen molar-refractivity contribution in [1.29, 1.82) is 0 Å². The number of aromatic nitrogens is 2. The van der Waals surface area contributed by atoms with Gasteiger partial charge < -0.3 is 4.98 Å². The summed E-state index contributed by atoms with van der Waals surface area (Å²) in [7, 11) is 0. The molecule has 0 saturated heterocycles. The van der Waals surface area contributed by atoms with Crippen LogP contribution in [-0.2, 0) is 0 Å². The number of hydrogen-bond donors (Lipinski definition) is 1. The molecule has 1 N–H and O–H groups in total. The normalized spacial score (nSPS) is 11.0. The van der Waals surface area contributed by atoms with Gasteiger partial charge in [-0.25, -0.2) is 9.37 Å². The van der Waals surface area contributed by atoms with E-state index in [-0.39, 0.29) is 5.82 Å². The van der Waals surface area contributed by atoms with Gasteiger partial charge in [-0.2, -0.15) is 0 Å². The van der Waals surface area contributed by atoms with E-state index in [1.807, 2.05) is 30.5 Å². The largest absolute Gasteiger partial charge is 0.353 e. The number of thioether (sulfide) groups is 1. The van der Waals surface area contributed by atoms with Gasteiger partial charge in [0.25, 0.3) is 0 Å².